The minimum absolute atomic E-state index is 0.00648. The van der Waals surface area contributed by atoms with Crippen molar-refractivity contribution >= 4 is 28.1 Å². The van der Waals surface area contributed by atoms with Gasteiger partial charge in [0.1, 0.15) is 11.6 Å². The number of hydrogen-bond donors (Lipinski definition) is 1. The third kappa shape index (κ3) is 3.87. The third-order valence-corrected chi connectivity index (χ3v) is 6.83. The molecule has 8 nitrogen and oxygen atoms in total. The minimum Gasteiger partial charge on any atom is -0.493 e. The van der Waals surface area contributed by atoms with Crippen molar-refractivity contribution < 1.29 is 17.5 Å². The van der Waals surface area contributed by atoms with Gasteiger partial charge < -0.3 is 10.1 Å². The second-order valence-corrected chi connectivity index (χ2v) is 9.40. The largest absolute Gasteiger partial charge is 0.493 e. The Morgan fingerprint density at radius 2 is 2.20 bits per heavy atom. The highest BCUT2D eigenvalue weighted by Crippen LogP contribution is 2.30. The van der Waals surface area contributed by atoms with Crippen LogP contribution in [-0.2, 0) is 29.9 Å². The van der Waals surface area contributed by atoms with Crippen LogP contribution >= 0.6 is 0 Å². The van der Waals surface area contributed by atoms with E-state index in [2.05, 4.69) is 27.2 Å². The molecule has 0 bridgehead atoms. The lowest BCUT2D eigenvalue weighted by molar-refractivity contribution is 0.356. The van der Waals surface area contributed by atoms with Crippen LogP contribution < -0.4 is 15.5 Å². The van der Waals surface area contributed by atoms with Crippen molar-refractivity contribution in [1.82, 2.24) is 9.55 Å². The zero-order valence-corrected chi connectivity index (χ0v) is 17.4. The number of hydrogen-bond acceptors (Lipinski definition) is 7. The van der Waals surface area contributed by atoms with Gasteiger partial charge in [-0.05, 0) is 24.1 Å². The van der Waals surface area contributed by atoms with Crippen LogP contribution in [0.3, 0.4) is 0 Å². The maximum absolute atomic E-state index is 14.4. The first-order valence-electron chi connectivity index (χ1n) is 9.52. The van der Waals surface area contributed by atoms with Gasteiger partial charge in [0.15, 0.2) is 15.3 Å². The summed E-state index contributed by atoms with van der Waals surface area (Å²) in [4.78, 5) is 4.46. The number of aromatic nitrogens is 2. The van der Waals surface area contributed by atoms with E-state index in [9.17, 15) is 12.8 Å². The second-order valence-electron chi connectivity index (χ2n) is 7.17. The Morgan fingerprint density at radius 3 is 2.93 bits per heavy atom. The Morgan fingerprint density at radius 1 is 1.37 bits per heavy atom. The molecule has 0 unspecified atom stereocenters. The van der Waals surface area contributed by atoms with E-state index < -0.39 is 9.84 Å². The van der Waals surface area contributed by atoms with Gasteiger partial charge in [-0.1, -0.05) is 6.08 Å². The number of halogens is 1. The topological polar surface area (TPSA) is 97.9 Å². The molecule has 4 rings (SSSR count). The molecule has 1 aromatic carbocycles. The van der Waals surface area contributed by atoms with E-state index in [1.807, 2.05) is 0 Å². The molecule has 2 aliphatic rings. The number of nitrogens with one attached hydrogen (secondary N) is 1. The Labute approximate surface area is 173 Å². The van der Waals surface area contributed by atoms with Crippen LogP contribution in [0.4, 0.5) is 10.3 Å². The summed E-state index contributed by atoms with van der Waals surface area (Å²) < 4.78 is 45.1. The van der Waals surface area contributed by atoms with Gasteiger partial charge in [-0.2, -0.15) is 5.10 Å². The molecule has 30 heavy (non-hydrogen) atoms. The van der Waals surface area contributed by atoms with E-state index in [0.29, 0.717) is 47.8 Å². The molecule has 3 heterocycles. The number of fused-ring (bicyclic) bond motifs is 1. The first-order chi connectivity index (χ1) is 14.4. The van der Waals surface area contributed by atoms with Crippen LogP contribution in [0.2, 0.25) is 0 Å². The highest BCUT2D eigenvalue weighted by atomic mass is 32.2. The number of nitrogens with zero attached hydrogens (tertiary/aromatic N) is 4. The van der Waals surface area contributed by atoms with Gasteiger partial charge in [-0.15, -0.1) is 5.10 Å². The lowest BCUT2D eigenvalue weighted by atomic mass is 10.0. The van der Waals surface area contributed by atoms with E-state index in [-0.39, 0.29) is 23.9 Å². The van der Waals surface area contributed by atoms with Crippen molar-refractivity contribution in [2.75, 3.05) is 23.4 Å². The van der Waals surface area contributed by atoms with Gasteiger partial charge in [-0.25, -0.2) is 17.8 Å². The molecule has 2 aliphatic heterocycles. The summed E-state index contributed by atoms with van der Waals surface area (Å²) in [5, 5.41) is 10.9. The van der Waals surface area contributed by atoms with Gasteiger partial charge in [0.05, 0.1) is 18.1 Å². The molecule has 0 saturated carbocycles. The first kappa shape index (κ1) is 20.3. The van der Waals surface area contributed by atoms with Crippen molar-refractivity contribution in [2.24, 2.45) is 17.3 Å². The summed E-state index contributed by atoms with van der Waals surface area (Å²) >= 11 is 0. The molecular formula is C20H22FN5O3S. The monoisotopic (exact) mass is 431 g/mol. The molecule has 0 spiro atoms. The van der Waals surface area contributed by atoms with Crippen LogP contribution in [0.1, 0.15) is 23.1 Å². The minimum atomic E-state index is -3.04. The number of sulfone groups is 1. The van der Waals surface area contributed by atoms with Crippen LogP contribution in [0.15, 0.2) is 34.6 Å². The zero-order chi connectivity index (χ0) is 21.3. The highest BCUT2D eigenvalue weighted by Gasteiger charge is 2.21. The van der Waals surface area contributed by atoms with Crippen LogP contribution in [0.25, 0.3) is 5.57 Å². The van der Waals surface area contributed by atoms with E-state index in [1.165, 1.54) is 6.07 Å². The molecule has 0 atom stereocenters. The number of benzene rings is 1. The third-order valence-electron chi connectivity index (χ3n) is 5.33. The lowest BCUT2D eigenvalue weighted by Gasteiger charge is -2.17. The van der Waals surface area contributed by atoms with Crippen molar-refractivity contribution in [3.05, 3.63) is 52.4 Å². The first-order valence-corrected chi connectivity index (χ1v) is 11.3. The Bertz CT molecular complexity index is 1220. The van der Waals surface area contributed by atoms with Crippen LogP contribution in [-0.4, -0.2) is 42.8 Å². The van der Waals surface area contributed by atoms with Crippen LogP contribution in [0.5, 0.6) is 5.75 Å². The van der Waals surface area contributed by atoms with Crippen molar-refractivity contribution in [3.8, 4) is 5.75 Å². The zero-order valence-electron chi connectivity index (χ0n) is 16.6. The predicted octanol–water partition coefficient (Wildman–Crippen LogP) is 1.82. The summed E-state index contributed by atoms with van der Waals surface area (Å²) in [7, 11) is -1.28. The Kier molecular flexibility index (Phi) is 5.42. The molecule has 2 aromatic rings. The molecule has 1 aromatic heterocycles. The Hall–Kier alpha value is -3.01. The number of allylic oxidation sites excluding steroid dienone is 1. The Balaban J connectivity index is 1.66. The summed E-state index contributed by atoms with van der Waals surface area (Å²) in [6.45, 7) is 4.21. The molecule has 0 fully saturated rings. The predicted molar refractivity (Wildman–Crippen MR) is 112 cm³/mol. The SMILES string of the molecule is C=N/N=c1/c(C2=CCS(=O)(=O)CC2)cnc(NCc2c(F)ccc3c2CCO3)n1C. The summed E-state index contributed by atoms with van der Waals surface area (Å²) in [5.41, 5.74) is 3.47. The molecule has 10 heteroatoms. The smallest absolute Gasteiger partial charge is 0.204 e. The number of anilines is 1. The molecule has 0 saturated heterocycles. The van der Waals surface area contributed by atoms with Gasteiger partial charge in [0.25, 0.3) is 0 Å². The van der Waals surface area contributed by atoms with Gasteiger partial charge >= 0.3 is 0 Å². The van der Waals surface area contributed by atoms with E-state index >= 15 is 0 Å². The highest BCUT2D eigenvalue weighted by molar-refractivity contribution is 7.91. The average molecular weight is 431 g/mol. The van der Waals surface area contributed by atoms with E-state index in [4.69, 9.17) is 4.74 Å². The van der Waals surface area contributed by atoms with Crippen molar-refractivity contribution in [3.63, 3.8) is 0 Å². The molecule has 1 N–H and O–H groups in total. The summed E-state index contributed by atoms with van der Waals surface area (Å²) in [6.07, 6.45) is 4.37. The summed E-state index contributed by atoms with van der Waals surface area (Å²) in [5.74, 6) is 0.974. The van der Waals surface area contributed by atoms with E-state index in [0.717, 1.165) is 11.1 Å². The standard InChI is InChI=1S/C20H22FN5O3S/c1-22-25-19-15(13-6-9-30(27,28)10-7-13)11-23-20(26(19)2)24-12-16-14-5-8-29-18(14)4-3-17(16)21/h3-4,6,11H,1,5,7-10,12H2,2H3,(H,23,24)/b25-19-. The average Bonchev–Trinajstić information content (AvgIpc) is 3.19. The number of ether oxygens (including phenoxy) is 1. The van der Waals surface area contributed by atoms with E-state index in [1.54, 1.807) is 30.0 Å². The molecule has 0 aliphatic carbocycles. The fourth-order valence-corrected chi connectivity index (χ4v) is 4.88. The fraction of sp³-hybridized carbons (Fsp3) is 0.350. The van der Waals surface area contributed by atoms with Crippen molar-refractivity contribution in [1.29, 1.82) is 0 Å². The van der Waals surface area contributed by atoms with Gasteiger partial charge in [0, 0.05) is 49.6 Å². The molecular weight excluding hydrogens is 409 g/mol. The molecule has 0 amide bonds. The maximum Gasteiger partial charge on any atom is 0.204 e. The lowest BCUT2D eigenvalue weighted by Crippen LogP contribution is -2.27. The van der Waals surface area contributed by atoms with Crippen molar-refractivity contribution in [2.45, 2.75) is 19.4 Å². The molecule has 158 valence electrons. The van der Waals surface area contributed by atoms with Gasteiger partial charge in [-0.3, -0.25) is 4.57 Å². The second kappa shape index (κ2) is 8.02. The number of rotatable bonds is 5. The van der Waals surface area contributed by atoms with Gasteiger partial charge in [0.2, 0.25) is 5.95 Å². The maximum atomic E-state index is 14.4. The fourth-order valence-electron chi connectivity index (χ4n) is 3.73. The van der Waals surface area contributed by atoms with Crippen LogP contribution in [0, 0.1) is 5.82 Å². The molecule has 0 radical (unpaired) electrons. The normalized spacial score (nSPS) is 17.8. The summed E-state index contributed by atoms with van der Waals surface area (Å²) in [6, 6.07) is 3.06. The quantitative estimate of drug-likeness (QED) is 0.575.